The van der Waals surface area contributed by atoms with E-state index in [4.69, 9.17) is 0 Å². The molecule has 2 heteroatoms. The lowest BCUT2D eigenvalue weighted by Crippen LogP contribution is -2.11. The van der Waals surface area contributed by atoms with Crippen LogP contribution in [0.25, 0.3) is 0 Å². The summed E-state index contributed by atoms with van der Waals surface area (Å²) in [6.45, 7) is 1.94. The monoisotopic (exact) mass is 136 g/mol. The van der Waals surface area contributed by atoms with Crippen LogP contribution in [0, 0.1) is 0 Å². The highest BCUT2D eigenvalue weighted by Crippen LogP contribution is 2.07. The molecule has 0 radical (unpaired) electrons. The lowest BCUT2D eigenvalue weighted by Gasteiger charge is -1.99. The summed E-state index contributed by atoms with van der Waals surface area (Å²) < 4.78 is 0. The van der Waals surface area contributed by atoms with Crippen LogP contribution >= 0.6 is 0 Å². The second kappa shape index (κ2) is 2.60. The van der Waals surface area contributed by atoms with Crippen molar-refractivity contribution in [3.63, 3.8) is 0 Å². The third kappa shape index (κ3) is 1.21. The molecule has 0 aromatic rings. The van der Waals surface area contributed by atoms with Crippen LogP contribution in [0.4, 0.5) is 0 Å². The molecule has 0 aromatic heterocycles. The van der Waals surface area contributed by atoms with Crippen molar-refractivity contribution in [3.8, 4) is 0 Å². The quantitative estimate of drug-likeness (QED) is 0.398. The Labute approximate surface area is 59.2 Å². The van der Waals surface area contributed by atoms with Crippen LogP contribution in [0.15, 0.2) is 23.8 Å². The second-order valence-electron chi connectivity index (χ2n) is 2.13. The minimum absolute atomic E-state index is 0.403. The largest absolute Gasteiger partial charge is 0.286 e. The number of ketones is 2. The predicted molar refractivity (Wildman–Crippen MR) is 37.5 cm³/mol. The zero-order chi connectivity index (χ0) is 7.56. The molecule has 1 aliphatic rings. The summed E-state index contributed by atoms with van der Waals surface area (Å²) in [6, 6.07) is 0. The average Bonchev–Trinajstić information content (AvgIpc) is 1.95. The molecule has 0 fully saturated rings. The highest BCUT2D eigenvalue weighted by molar-refractivity contribution is 6.46. The lowest BCUT2D eigenvalue weighted by molar-refractivity contribution is -0.131. The Morgan fingerprint density at radius 1 is 1.20 bits per heavy atom. The van der Waals surface area contributed by atoms with Gasteiger partial charge in [0.2, 0.25) is 11.6 Å². The summed E-state index contributed by atoms with van der Waals surface area (Å²) in [7, 11) is 0. The molecular formula is C8H8O2. The van der Waals surface area contributed by atoms with E-state index in [1.165, 1.54) is 12.2 Å². The molecule has 0 aromatic carbocycles. The molecular weight excluding hydrogens is 128 g/mol. The van der Waals surface area contributed by atoms with E-state index in [0.717, 1.165) is 12.0 Å². The molecule has 0 amide bonds. The molecule has 0 spiro atoms. The van der Waals surface area contributed by atoms with Crippen molar-refractivity contribution in [2.24, 2.45) is 0 Å². The molecule has 0 unspecified atom stereocenters. The summed E-state index contributed by atoms with van der Waals surface area (Å²) in [6.07, 6.45) is 5.20. The Morgan fingerprint density at radius 2 is 1.90 bits per heavy atom. The van der Waals surface area contributed by atoms with E-state index in [1.807, 2.05) is 6.92 Å². The molecule has 2 nitrogen and oxygen atoms in total. The predicted octanol–water partition coefficient (Wildman–Crippen LogP) is 1.03. The van der Waals surface area contributed by atoms with E-state index in [1.54, 1.807) is 6.08 Å². The summed E-state index contributed by atoms with van der Waals surface area (Å²) in [5.74, 6) is -0.823. The standard InChI is InChI=1S/C8H8O2/c1-2-6-3-4-7(9)8(10)5-6/h3-5H,2H2,1H3. The SMILES string of the molecule is CCC1=CC(=O)C(=O)C=C1. The van der Waals surface area contributed by atoms with Crippen LogP contribution in [-0.4, -0.2) is 11.6 Å². The maximum atomic E-state index is 10.7. The molecule has 0 saturated carbocycles. The van der Waals surface area contributed by atoms with Crippen LogP contribution in [0.1, 0.15) is 13.3 Å². The van der Waals surface area contributed by atoms with Gasteiger partial charge in [-0.1, -0.05) is 13.0 Å². The van der Waals surface area contributed by atoms with Gasteiger partial charge in [0, 0.05) is 0 Å². The molecule has 1 aliphatic carbocycles. The van der Waals surface area contributed by atoms with Crippen LogP contribution < -0.4 is 0 Å². The topological polar surface area (TPSA) is 34.1 Å². The second-order valence-corrected chi connectivity index (χ2v) is 2.13. The lowest BCUT2D eigenvalue weighted by atomic mass is 10.0. The minimum Gasteiger partial charge on any atom is -0.286 e. The first-order chi connectivity index (χ1) is 4.74. The van der Waals surface area contributed by atoms with Crippen molar-refractivity contribution in [2.45, 2.75) is 13.3 Å². The first-order valence-electron chi connectivity index (χ1n) is 3.21. The van der Waals surface area contributed by atoms with Gasteiger partial charge in [0.05, 0.1) is 0 Å². The Morgan fingerprint density at radius 3 is 2.40 bits per heavy atom. The van der Waals surface area contributed by atoms with E-state index in [-0.39, 0.29) is 0 Å². The van der Waals surface area contributed by atoms with Crippen molar-refractivity contribution in [1.82, 2.24) is 0 Å². The van der Waals surface area contributed by atoms with Gasteiger partial charge in [-0.25, -0.2) is 0 Å². The Kier molecular flexibility index (Phi) is 1.81. The van der Waals surface area contributed by atoms with Gasteiger partial charge in [0.1, 0.15) is 0 Å². The normalized spacial score (nSPS) is 17.5. The van der Waals surface area contributed by atoms with Crippen molar-refractivity contribution in [1.29, 1.82) is 0 Å². The van der Waals surface area contributed by atoms with Crippen molar-refractivity contribution < 1.29 is 9.59 Å². The maximum Gasteiger partial charge on any atom is 0.225 e. The van der Waals surface area contributed by atoms with E-state index >= 15 is 0 Å². The van der Waals surface area contributed by atoms with Crippen molar-refractivity contribution in [3.05, 3.63) is 23.8 Å². The number of carbonyl (C=O) groups excluding carboxylic acids is 2. The third-order valence-corrected chi connectivity index (χ3v) is 1.42. The molecule has 0 saturated heterocycles. The van der Waals surface area contributed by atoms with Gasteiger partial charge < -0.3 is 0 Å². The number of hydrogen-bond donors (Lipinski definition) is 0. The smallest absolute Gasteiger partial charge is 0.225 e. The molecule has 0 bridgehead atoms. The van der Waals surface area contributed by atoms with Gasteiger partial charge in [-0.2, -0.15) is 0 Å². The van der Waals surface area contributed by atoms with Gasteiger partial charge in [0.25, 0.3) is 0 Å². The maximum absolute atomic E-state index is 10.7. The first kappa shape index (κ1) is 6.93. The van der Waals surface area contributed by atoms with Crippen LogP contribution in [-0.2, 0) is 9.59 Å². The highest BCUT2D eigenvalue weighted by atomic mass is 16.2. The van der Waals surface area contributed by atoms with Gasteiger partial charge >= 0.3 is 0 Å². The zero-order valence-corrected chi connectivity index (χ0v) is 5.76. The van der Waals surface area contributed by atoms with Gasteiger partial charge in [-0.3, -0.25) is 9.59 Å². The number of allylic oxidation sites excluding steroid dienone is 4. The van der Waals surface area contributed by atoms with Crippen LogP contribution in [0.3, 0.4) is 0 Å². The molecule has 52 valence electrons. The van der Waals surface area contributed by atoms with Crippen LogP contribution in [0.5, 0.6) is 0 Å². The van der Waals surface area contributed by atoms with E-state index in [0.29, 0.717) is 0 Å². The minimum atomic E-state index is -0.419. The number of carbonyl (C=O) groups is 2. The summed E-state index contributed by atoms with van der Waals surface area (Å²) in [5.41, 5.74) is 0.921. The molecule has 1 rings (SSSR count). The summed E-state index contributed by atoms with van der Waals surface area (Å²) >= 11 is 0. The highest BCUT2D eigenvalue weighted by Gasteiger charge is 2.11. The number of rotatable bonds is 1. The summed E-state index contributed by atoms with van der Waals surface area (Å²) in [4.78, 5) is 21.3. The molecule has 0 aliphatic heterocycles. The Balaban J connectivity index is 2.86. The van der Waals surface area contributed by atoms with Crippen molar-refractivity contribution in [2.75, 3.05) is 0 Å². The fourth-order valence-electron chi connectivity index (χ4n) is 0.772. The first-order valence-corrected chi connectivity index (χ1v) is 3.21. The van der Waals surface area contributed by atoms with E-state index < -0.39 is 11.6 Å². The molecule has 0 atom stereocenters. The van der Waals surface area contributed by atoms with Crippen LogP contribution in [0.2, 0.25) is 0 Å². The molecule has 0 heterocycles. The fraction of sp³-hybridized carbons (Fsp3) is 0.250. The average molecular weight is 136 g/mol. The molecule has 10 heavy (non-hydrogen) atoms. The number of hydrogen-bond acceptors (Lipinski definition) is 2. The van der Waals surface area contributed by atoms with Gasteiger partial charge in [-0.15, -0.1) is 0 Å². The molecule has 0 N–H and O–H groups in total. The zero-order valence-electron chi connectivity index (χ0n) is 5.76. The fourth-order valence-corrected chi connectivity index (χ4v) is 0.772. The van der Waals surface area contributed by atoms with Crippen molar-refractivity contribution >= 4 is 11.6 Å². The van der Waals surface area contributed by atoms with Gasteiger partial charge in [-0.05, 0) is 24.1 Å². The third-order valence-electron chi connectivity index (χ3n) is 1.42. The van der Waals surface area contributed by atoms with E-state index in [2.05, 4.69) is 0 Å². The van der Waals surface area contributed by atoms with E-state index in [9.17, 15) is 9.59 Å². The Bertz CT molecular complexity index is 234. The summed E-state index contributed by atoms with van der Waals surface area (Å²) in [5, 5.41) is 0. The van der Waals surface area contributed by atoms with Gasteiger partial charge in [0.15, 0.2) is 0 Å². The Hall–Kier alpha value is -1.18.